The second kappa shape index (κ2) is 15.8. The lowest BCUT2D eigenvalue weighted by Crippen LogP contribution is -2.74. The Balaban J connectivity index is 0.817. The standard InChI is InChI=1S/C45H53FN8O5/c1-44(2)41(45(3,4)42(44)59-32-11-9-30(25-47)38(24-32)58-5)50-40(56)29-10-12-37(34(46)23-29)52-20-13-28(14-21-52)27-51-18-15-31(16-19-51)54-36-8-6-7-35(33(36)26-48-54)53-22-17-39(55)49-43(53)57/h6-12,23-24,26,28,31,41-42H,13-22,27H2,1-5H3,(H,50,56)(H,49,55,57). The minimum atomic E-state index is -0.433. The normalized spacial score (nSPS) is 22.4. The van der Waals surface area contributed by atoms with Gasteiger partial charge >= 0.3 is 6.03 Å². The maximum atomic E-state index is 15.7. The van der Waals surface area contributed by atoms with Crippen LogP contribution in [0.25, 0.3) is 10.9 Å². The van der Waals surface area contributed by atoms with Gasteiger partial charge in [0.15, 0.2) is 0 Å². The molecule has 4 amide bonds. The van der Waals surface area contributed by atoms with E-state index in [1.165, 1.54) is 13.2 Å². The molecule has 3 aromatic carbocycles. The molecule has 4 heterocycles. The van der Waals surface area contributed by atoms with E-state index in [1.54, 1.807) is 35.2 Å². The number of rotatable bonds is 10. The molecule has 310 valence electrons. The van der Waals surface area contributed by atoms with Crippen LogP contribution in [0, 0.1) is 33.9 Å². The van der Waals surface area contributed by atoms with Crippen molar-refractivity contribution < 1.29 is 28.2 Å². The number of imide groups is 1. The first-order valence-electron chi connectivity index (χ1n) is 20.7. The van der Waals surface area contributed by atoms with Crippen molar-refractivity contribution in [3.8, 4) is 17.6 Å². The lowest BCUT2D eigenvalue weighted by atomic mass is 9.49. The van der Waals surface area contributed by atoms with Gasteiger partial charge in [0.05, 0.1) is 41.8 Å². The first kappa shape index (κ1) is 40.1. The van der Waals surface area contributed by atoms with Crippen molar-refractivity contribution in [3.63, 3.8) is 0 Å². The molecule has 8 rings (SSSR count). The number of urea groups is 1. The number of nitrogens with one attached hydrogen (secondary N) is 2. The number of halogens is 1. The lowest BCUT2D eigenvalue weighted by Gasteiger charge is -2.63. The highest BCUT2D eigenvalue weighted by molar-refractivity contribution is 6.09. The zero-order valence-electron chi connectivity index (χ0n) is 34.5. The summed E-state index contributed by atoms with van der Waals surface area (Å²) in [6, 6.07) is 17.6. The van der Waals surface area contributed by atoms with Crippen molar-refractivity contribution in [2.45, 2.75) is 78.0 Å². The van der Waals surface area contributed by atoms with E-state index >= 15 is 4.39 Å². The maximum absolute atomic E-state index is 15.7. The fourth-order valence-corrected chi connectivity index (χ4v) is 10.3. The number of carbonyl (C=O) groups is 3. The van der Waals surface area contributed by atoms with Gasteiger partial charge in [-0.1, -0.05) is 33.8 Å². The van der Waals surface area contributed by atoms with Crippen LogP contribution in [-0.4, -0.2) is 91.1 Å². The number of carbonyl (C=O) groups excluding carboxylic acids is 3. The summed E-state index contributed by atoms with van der Waals surface area (Å²) in [5.74, 6) is 0.583. The third-order valence-electron chi connectivity index (χ3n) is 13.2. The molecule has 14 heteroatoms. The summed E-state index contributed by atoms with van der Waals surface area (Å²) in [4.78, 5) is 44.1. The number of hydrogen-bond acceptors (Lipinski definition) is 9. The van der Waals surface area contributed by atoms with Gasteiger partial charge < -0.3 is 24.6 Å². The zero-order valence-corrected chi connectivity index (χ0v) is 34.5. The van der Waals surface area contributed by atoms with Gasteiger partial charge in [-0.05, 0) is 74.1 Å². The van der Waals surface area contributed by atoms with Gasteiger partial charge in [-0.25, -0.2) is 9.18 Å². The number of amides is 4. The highest BCUT2D eigenvalue weighted by atomic mass is 19.1. The predicted octanol–water partition coefficient (Wildman–Crippen LogP) is 6.67. The molecule has 59 heavy (non-hydrogen) atoms. The Morgan fingerprint density at radius 3 is 2.39 bits per heavy atom. The molecule has 4 aliphatic rings. The molecule has 13 nitrogen and oxygen atoms in total. The number of anilines is 2. The molecule has 4 fully saturated rings. The molecule has 3 saturated heterocycles. The molecule has 1 saturated carbocycles. The van der Waals surface area contributed by atoms with E-state index < -0.39 is 22.7 Å². The number of benzene rings is 3. The van der Waals surface area contributed by atoms with Crippen molar-refractivity contribution in [3.05, 3.63) is 77.7 Å². The molecule has 0 spiro atoms. The number of methoxy groups -OCH3 is 1. The number of hydrogen-bond donors (Lipinski definition) is 2. The number of nitriles is 1. The molecule has 1 aliphatic carbocycles. The van der Waals surface area contributed by atoms with E-state index in [4.69, 9.17) is 14.6 Å². The highest BCUT2D eigenvalue weighted by Gasteiger charge is 2.64. The van der Waals surface area contributed by atoms with E-state index in [2.05, 4.69) is 58.9 Å². The molecule has 4 aromatic rings. The highest BCUT2D eigenvalue weighted by Crippen LogP contribution is 2.55. The zero-order chi connectivity index (χ0) is 41.6. The number of aromatic nitrogens is 2. The van der Waals surface area contributed by atoms with E-state index in [1.807, 2.05) is 24.4 Å². The van der Waals surface area contributed by atoms with E-state index in [0.29, 0.717) is 35.2 Å². The third-order valence-corrected chi connectivity index (χ3v) is 13.2. The molecule has 0 atom stereocenters. The first-order chi connectivity index (χ1) is 28.3. The Hall–Kier alpha value is -5.68. The van der Waals surface area contributed by atoms with Crippen molar-refractivity contribution in [2.24, 2.45) is 16.7 Å². The largest absolute Gasteiger partial charge is 0.495 e. The smallest absolute Gasteiger partial charge is 0.328 e. The molecule has 0 bridgehead atoms. The quantitative estimate of drug-likeness (QED) is 0.180. The molecular formula is C45H53FN8O5. The molecule has 2 N–H and O–H groups in total. The summed E-state index contributed by atoms with van der Waals surface area (Å²) in [5.41, 5.74) is 2.14. The summed E-state index contributed by atoms with van der Waals surface area (Å²) in [6.07, 6.45) is 5.75. The Labute approximate surface area is 344 Å². The Morgan fingerprint density at radius 1 is 0.966 bits per heavy atom. The van der Waals surface area contributed by atoms with E-state index in [0.717, 1.165) is 75.0 Å². The van der Waals surface area contributed by atoms with Gasteiger partial charge in [-0.2, -0.15) is 10.4 Å². The van der Waals surface area contributed by atoms with Crippen molar-refractivity contribution in [1.82, 2.24) is 25.3 Å². The van der Waals surface area contributed by atoms with Gasteiger partial charge in [0.25, 0.3) is 5.91 Å². The number of nitrogens with zero attached hydrogens (tertiary/aromatic N) is 6. The second-order valence-electron chi connectivity index (χ2n) is 17.7. The van der Waals surface area contributed by atoms with Gasteiger partial charge in [-0.3, -0.25) is 24.5 Å². The number of piperidine rings is 2. The Morgan fingerprint density at radius 2 is 1.71 bits per heavy atom. The van der Waals surface area contributed by atoms with Crippen LogP contribution >= 0.6 is 0 Å². The van der Waals surface area contributed by atoms with Crippen LogP contribution < -0.4 is 29.9 Å². The summed E-state index contributed by atoms with van der Waals surface area (Å²) in [5, 5.41) is 20.6. The van der Waals surface area contributed by atoms with Gasteiger partial charge in [-0.15, -0.1) is 0 Å². The van der Waals surface area contributed by atoms with Crippen LogP contribution in [0.5, 0.6) is 11.5 Å². The molecule has 3 aliphatic heterocycles. The van der Waals surface area contributed by atoms with E-state index in [-0.39, 0.29) is 42.0 Å². The van der Waals surface area contributed by atoms with Crippen LogP contribution in [0.2, 0.25) is 0 Å². The Bertz CT molecular complexity index is 2290. The van der Waals surface area contributed by atoms with Crippen LogP contribution in [0.15, 0.2) is 60.8 Å². The van der Waals surface area contributed by atoms with Gasteiger partial charge in [0.2, 0.25) is 5.91 Å². The molecule has 0 radical (unpaired) electrons. The fourth-order valence-electron chi connectivity index (χ4n) is 10.3. The molecule has 0 unspecified atom stereocenters. The maximum Gasteiger partial charge on any atom is 0.328 e. The lowest BCUT2D eigenvalue weighted by molar-refractivity contribution is -0.164. The minimum absolute atomic E-state index is 0.232. The summed E-state index contributed by atoms with van der Waals surface area (Å²) < 4.78 is 29.6. The molecular weight excluding hydrogens is 752 g/mol. The van der Waals surface area contributed by atoms with Gasteiger partial charge in [0, 0.05) is 79.6 Å². The van der Waals surface area contributed by atoms with Crippen molar-refractivity contribution in [2.75, 3.05) is 56.2 Å². The topological polar surface area (TPSA) is 145 Å². The minimum Gasteiger partial charge on any atom is -0.495 e. The third kappa shape index (κ3) is 7.57. The summed E-state index contributed by atoms with van der Waals surface area (Å²) in [7, 11) is 1.52. The second-order valence-corrected chi connectivity index (χ2v) is 17.7. The first-order valence-corrected chi connectivity index (χ1v) is 20.7. The average Bonchev–Trinajstić information content (AvgIpc) is 3.67. The molecule has 1 aromatic heterocycles. The number of ether oxygens (including phenoxy) is 2. The number of fused-ring (bicyclic) bond motifs is 1. The fraction of sp³-hybridized carbons (Fsp3) is 0.489. The summed E-state index contributed by atoms with van der Waals surface area (Å²) >= 11 is 0. The average molecular weight is 805 g/mol. The summed E-state index contributed by atoms with van der Waals surface area (Å²) in [6.45, 7) is 13.0. The van der Waals surface area contributed by atoms with Crippen LogP contribution in [0.3, 0.4) is 0 Å². The van der Waals surface area contributed by atoms with E-state index in [9.17, 15) is 19.6 Å². The van der Waals surface area contributed by atoms with Crippen molar-refractivity contribution in [1.29, 1.82) is 5.26 Å². The van der Waals surface area contributed by atoms with Crippen molar-refractivity contribution >= 4 is 40.1 Å². The van der Waals surface area contributed by atoms with Gasteiger partial charge in [0.1, 0.15) is 29.5 Å². The van der Waals surface area contributed by atoms with Crippen LogP contribution in [0.4, 0.5) is 20.6 Å². The number of likely N-dealkylation sites (tertiary alicyclic amines) is 1. The monoisotopic (exact) mass is 804 g/mol. The van der Waals surface area contributed by atoms with Crippen LogP contribution in [0.1, 0.15) is 81.8 Å². The predicted molar refractivity (Wildman–Crippen MR) is 222 cm³/mol. The van der Waals surface area contributed by atoms with Crippen LogP contribution in [-0.2, 0) is 4.79 Å². The SMILES string of the molecule is COc1cc(OC2C(C)(C)C(NC(=O)c3ccc(N4CCC(CN5CCC(n6ncc7c(N8CCC(=O)NC8=O)cccc76)CC5)CC4)c(F)c3)C2(C)C)ccc1C#N. The Kier molecular flexibility index (Phi) is 10.8.